The Morgan fingerprint density at radius 3 is 2.62 bits per heavy atom. The molecule has 1 aromatic heterocycles. The lowest BCUT2D eigenvalue weighted by molar-refractivity contribution is -0.145. The van der Waals surface area contributed by atoms with Gasteiger partial charge in [0, 0.05) is 4.88 Å². The first-order chi connectivity index (χ1) is 10.1. The molecule has 1 saturated heterocycles. The zero-order valence-electron chi connectivity index (χ0n) is 11.1. The topological polar surface area (TPSA) is 49.4 Å². The van der Waals surface area contributed by atoms with Gasteiger partial charge in [0.25, 0.3) is 5.91 Å². The summed E-state index contributed by atoms with van der Waals surface area (Å²) in [7, 11) is 0. The van der Waals surface area contributed by atoms with Crippen LogP contribution in [0.5, 0.6) is 0 Å². The summed E-state index contributed by atoms with van der Waals surface area (Å²) >= 11 is 4.98. The van der Waals surface area contributed by atoms with Crippen molar-refractivity contribution in [2.45, 2.75) is 12.6 Å². The number of benzene rings is 1. The summed E-state index contributed by atoms with van der Waals surface area (Å²) in [5, 5.41) is 2.77. The predicted molar refractivity (Wildman–Crippen MR) is 84.8 cm³/mol. The Hall–Kier alpha value is -1.66. The van der Waals surface area contributed by atoms with Gasteiger partial charge in [0.15, 0.2) is 0 Å². The molecule has 2 aromatic rings. The first-order valence-electron chi connectivity index (χ1n) is 6.51. The van der Waals surface area contributed by atoms with Gasteiger partial charge >= 0.3 is 0 Å². The molecule has 108 valence electrons. The van der Waals surface area contributed by atoms with Gasteiger partial charge in [-0.1, -0.05) is 30.3 Å². The fourth-order valence-electron chi connectivity index (χ4n) is 2.33. The molecule has 0 aliphatic carbocycles. The Labute approximate surface area is 134 Å². The van der Waals surface area contributed by atoms with Crippen molar-refractivity contribution in [3.8, 4) is 0 Å². The number of hydrogen-bond acceptors (Lipinski definition) is 3. The van der Waals surface area contributed by atoms with E-state index >= 15 is 0 Å². The predicted octanol–water partition coefficient (Wildman–Crippen LogP) is 2.71. The molecule has 0 spiro atoms. The third kappa shape index (κ3) is 3.16. The number of thiophene rings is 1. The standard InChI is InChI=1S/C15H13BrN2O2S/c16-12-7-6-11(21-12)8-18-9-13(19)17-14(15(18)20)10-4-2-1-3-5-10/h1-7,14H,8-9H2,(H,17,19). The number of carbonyl (C=O) groups excluding carboxylic acids is 2. The van der Waals surface area contributed by atoms with Crippen LogP contribution in [0.1, 0.15) is 16.5 Å². The molecule has 0 bridgehead atoms. The molecule has 4 nitrogen and oxygen atoms in total. The summed E-state index contributed by atoms with van der Waals surface area (Å²) in [4.78, 5) is 27.1. The van der Waals surface area contributed by atoms with Crippen LogP contribution in [0.15, 0.2) is 46.3 Å². The quantitative estimate of drug-likeness (QED) is 0.909. The SMILES string of the molecule is O=C1CN(Cc2ccc(Br)s2)C(=O)C(c2ccccc2)N1. The zero-order chi connectivity index (χ0) is 14.8. The molecule has 0 radical (unpaired) electrons. The minimum atomic E-state index is -0.587. The number of halogens is 1. The maximum atomic E-state index is 12.6. The van der Waals surface area contributed by atoms with Gasteiger partial charge in [-0.3, -0.25) is 9.59 Å². The van der Waals surface area contributed by atoms with Crippen molar-refractivity contribution in [2.24, 2.45) is 0 Å². The first-order valence-corrected chi connectivity index (χ1v) is 8.12. The molecule has 1 unspecified atom stereocenters. The molecule has 1 N–H and O–H groups in total. The van der Waals surface area contributed by atoms with E-state index in [1.807, 2.05) is 42.5 Å². The smallest absolute Gasteiger partial charge is 0.250 e. The Morgan fingerprint density at radius 1 is 1.19 bits per heavy atom. The molecule has 1 aliphatic heterocycles. The Morgan fingerprint density at radius 2 is 1.95 bits per heavy atom. The number of nitrogens with zero attached hydrogens (tertiary/aromatic N) is 1. The highest BCUT2D eigenvalue weighted by atomic mass is 79.9. The van der Waals surface area contributed by atoms with Crippen molar-refractivity contribution in [1.82, 2.24) is 10.2 Å². The average molecular weight is 365 g/mol. The zero-order valence-corrected chi connectivity index (χ0v) is 13.5. The van der Waals surface area contributed by atoms with Gasteiger partial charge in [-0.2, -0.15) is 0 Å². The molecule has 2 heterocycles. The first kappa shape index (κ1) is 14.3. The maximum absolute atomic E-state index is 12.6. The maximum Gasteiger partial charge on any atom is 0.250 e. The van der Waals surface area contributed by atoms with Crippen LogP contribution in [0.25, 0.3) is 0 Å². The van der Waals surface area contributed by atoms with Gasteiger partial charge in [-0.15, -0.1) is 11.3 Å². The second-order valence-electron chi connectivity index (χ2n) is 4.81. The van der Waals surface area contributed by atoms with Crippen LogP contribution >= 0.6 is 27.3 Å². The number of nitrogens with one attached hydrogen (secondary N) is 1. The van der Waals surface area contributed by atoms with Crippen molar-refractivity contribution >= 4 is 39.1 Å². The van der Waals surface area contributed by atoms with Crippen LogP contribution in [0, 0.1) is 0 Å². The summed E-state index contributed by atoms with van der Waals surface area (Å²) < 4.78 is 1.02. The highest BCUT2D eigenvalue weighted by Crippen LogP contribution is 2.26. The Balaban J connectivity index is 1.81. The average Bonchev–Trinajstić information content (AvgIpc) is 2.89. The van der Waals surface area contributed by atoms with Gasteiger partial charge in [0.2, 0.25) is 5.91 Å². The van der Waals surface area contributed by atoms with Crippen molar-refractivity contribution in [2.75, 3.05) is 6.54 Å². The van der Waals surface area contributed by atoms with Gasteiger partial charge < -0.3 is 10.2 Å². The molecule has 1 aliphatic rings. The van der Waals surface area contributed by atoms with E-state index < -0.39 is 6.04 Å². The molecule has 2 amide bonds. The van der Waals surface area contributed by atoms with Gasteiger partial charge in [0.05, 0.1) is 10.3 Å². The van der Waals surface area contributed by atoms with Crippen LogP contribution in [0.2, 0.25) is 0 Å². The monoisotopic (exact) mass is 364 g/mol. The van der Waals surface area contributed by atoms with Gasteiger partial charge in [-0.25, -0.2) is 0 Å². The largest absolute Gasteiger partial charge is 0.339 e. The lowest BCUT2D eigenvalue weighted by Crippen LogP contribution is -2.52. The van der Waals surface area contributed by atoms with Gasteiger partial charge in [0.1, 0.15) is 12.6 Å². The highest BCUT2D eigenvalue weighted by molar-refractivity contribution is 9.11. The third-order valence-electron chi connectivity index (χ3n) is 3.31. The highest BCUT2D eigenvalue weighted by Gasteiger charge is 2.33. The van der Waals surface area contributed by atoms with Crippen LogP contribution in [0.3, 0.4) is 0 Å². The molecule has 1 aromatic carbocycles. The van der Waals surface area contributed by atoms with E-state index in [-0.39, 0.29) is 18.4 Å². The van der Waals surface area contributed by atoms with Crippen molar-refractivity contribution in [3.63, 3.8) is 0 Å². The minimum Gasteiger partial charge on any atom is -0.339 e. The second kappa shape index (κ2) is 5.99. The van der Waals surface area contributed by atoms with E-state index in [9.17, 15) is 9.59 Å². The molecule has 6 heteroatoms. The number of rotatable bonds is 3. The van der Waals surface area contributed by atoms with Crippen molar-refractivity contribution in [3.05, 3.63) is 56.7 Å². The van der Waals surface area contributed by atoms with Crippen LogP contribution in [-0.4, -0.2) is 23.3 Å². The molecule has 3 rings (SSSR count). The van der Waals surface area contributed by atoms with Gasteiger partial charge in [-0.05, 0) is 33.6 Å². The number of hydrogen-bond donors (Lipinski definition) is 1. The minimum absolute atomic E-state index is 0.0645. The van der Waals surface area contributed by atoms with E-state index in [4.69, 9.17) is 0 Å². The van der Waals surface area contributed by atoms with E-state index in [1.54, 1.807) is 16.2 Å². The summed E-state index contributed by atoms with van der Waals surface area (Å²) in [5.41, 5.74) is 0.813. The molecular formula is C15H13BrN2O2S. The lowest BCUT2D eigenvalue weighted by Gasteiger charge is -2.32. The van der Waals surface area contributed by atoms with Crippen LogP contribution in [0.4, 0.5) is 0 Å². The van der Waals surface area contributed by atoms with Crippen LogP contribution in [-0.2, 0) is 16.1 Å². The molecule has 21 heavy (non-hydrogen) atoms. The molecule has 1 atom stereocenters. The summed E-state index contributed by atoms with van der Waals surface area (Å²) in [6.07, 6.45) is 0. The number of carbonyl (C=O) groups is 2. The van der Waals surface area contributed by atoms with Crippen LogP contribution < -0.4 is 5.32 Å². The van der Waals surface area contributed by atoms with E-state index in [2.05, 4.69) is 21.2 Å². The molecular weight excluding hydrogens is 352 g/mol. The summed E-state index contributed by atoms with van der Waals surface area (Å²) in [6.45, 7) is 0.573. The van der Waals surface area contributed by atoms with Crippen molar-refractivity contribution < 1.29 is 9.59 Å². The summed E-state index contributed by atoms with van der Waals surface area (Å²) in [6, 6.07) is 12.7. The molecule has 0 saturated carbocycles. The normalized spacial score (nSPS) is 18.7. The van der Waals surface area contributed by atoms with Crippen molar-refractivity contribution in [1.29, 1.82) is 0 Å². The Kier molecular flexibility index (Phi) is 4.07. The van der Waals surface area contributed by atoms with E-state index in [0.717, 1.165) is 14.2 Å². The number of piperazine rings is 1. The van der Waals surface area contributed by atoms with E-state index in [1.165, 1.54) is 0 Å². The molecule has 1 fully saturated rings. The second-order valence-corrected chi connectivity index (χ2v) is 7.36. The summed E-state index contributed by atoms with van der Waals surface area (Å²) in [5.74, 6) is -0.190. The fourth-order valence-corrected chi connectivity index (χ4v) is 3.83. The lowest BCUT2D eigenvalue weighted by atomic mass is 10.0. The van der Waals surface area contributed by atoms with E-state index in [0.29, 0.717) is 6.54 Å². The Bertz CT molecular complexity index is 671. The fraction of sp³-hybridized carbons (Fsp3) is 0.200. The number of amides is 2. The third-order valence-corrected chi connectivity index (χ3v) is 4.92.